The molecule has 2 heterocycles. The minimum Gasteiger partial charge on any atom is -0.348 e. The van der Waals surface area contributed by atoms with Crippen molar-refractivity contribution in [2.75, 3.05) is 13.2 Å². The van der Waals surface area contributed by atoms with Crippen molar-refractivity contribution < 1.29 is 14.3 Å². The van der Waals surface area contributed by atoms with Gasteiger partial charge in [-0.2, -0.15) is 0 Å². The van der Waals surface area contributed by atoms with Gasteiger partial charge in [0.05, 0.1) is 13.2 Å². The van der Waals surface area contributed by atoms with Crippen LogP contribution in [0, 0.1) is 5.92 Å². The van der Waals surface area contributed by atoms with Gasteiger partial charge < -0.3 is 14.4 Å². The Balaban J connectivity index is 1.61. The number of likely N-dealkylation sites (tertiary alicyclic amines) is 1. The van der Waals surface area contributed by atoms with Gasteiger partial charge in [0, 0.05) is 24.9 Å². The second kappa shape index (κ2) is 7.02. The lowest BCUT2D eigenvalue weighted by atomic mass is 9.96. The van der Waals surface area contributed by atoms with Gasteiger partial charge in [0.15, 0.2) is 5.79 Å². The normalized spacial score (nSPS) is 26.9. The first-order valence-electron chi connectivity index (χ1n) is 8.73. The topological polar surface area (TPSA) is 38.8 Å². The number of nitrogens with zero attached hydrogens (tertiary/aromatic N) is 1. The predicted molar refractivity (Wildman–Crippen MR) is 88.7 cm³/mol. The number of amides is 1. The van der Waals surface area contributed by atoms with Crippen LogP contribution in [0.4, 0.5) is 0 Å². The molecule has 0 bridgehead atoms. The van der Waals surface area contributed by atoms with Gasteiger partial charge in [-0.3, -0.25) is 4.79 Å². The number of carbonyl (C=O) groups is 1. The van der Waals surface area contributed by atoms with Crippen LogP contribution in [0.5, 0.6) is 0 Å². The Hall–Kier alpha value is -1.39. The van der Waals surface area contributed by atoms with Crippen molar-refractivity contribution in [3.63, 3.8) is 0 Å². The molecule has 23 heavy (non-hydrogen) atoms. The average Bonchev–Trinajstić information content (AvgIpc) is 3.12. The van der Waals surface area contributed by atoms with Crippen molar-refractivity contribution in [3.8, 4) is 0 Å². The molecule has 3 rings (SSSR count). The molecule has 2 aliphatic heterocycles. The van der Waals surface area contributed by atoms with Crippen LogP contribution in [-0.2, 0) is 20.8 Å². The molecule has 1 aromatic carbocycles. The molecular weight excluding hydrogens is 290 g/mol. The third-order valence-corrected chi connectivity index (χ3v) is 5.14. The van der Waals surface area contributed by atoms with Crippen molar-refractivity contribution in [1.82, 2.24) is 4.90 Å². The van der Waals surface area contributed by atoms with Gasteiger partial charge in [0.25, 0.3) is 0 Å². The van der Waals surface area contributed by atoms with E-state index in [1.807, 2.05) is 25.1 Å². The van der Waals surface area contributed by atoms with Crippen LogP contribution in [-0.4, -0.2) is 35.8 Å². The second-order valence-corrected chi connectivity index (χ2v) is 6.82. The van der Waals surface area contributed by atoms with E-state index in [2.05, 4.69) is 24.0 Å². The highest BCUT2D eigenvalue weighted by Crippen LogP contribution is 2.34. The first kappa shape index (κ1) is 16.5. The van der Waals surface area contributed by atoms with E-state index >= 15 is 0 Å². The third kappa shape index (κ3) is 3.75. The van der Waals surface area contributed by atoms with Crippen LogP contribution in [0.15, 0.2) is 30.3 Å². The zero-order chi connectivity index (χ0) is 16.3. The smallest absolute Gasteiger partial charge is 0.226 e. The molecule has 2 saturated heterocycles. The minimum atomic E-state index is -0.491. The van der Waals surface area contributed by atoms with E-state index in [-0.39, 0.29) is 5.92 Å². The van der Waals surface area contributed by atoms with Gasteiger partial charge >= 0.3 is 0 Å². The predicted octanol–water partition coefficient (Wildman–Crippen LogP) is 3.36. The standard InChI is InChI=1S/C19H27NO3/c1-3-17-13-16(9-10-19(2)22-11-12-23-19)18(21)20(17)14-15-7-5-4-6-8-15/h4-8,16-17H,3,9-14H2,1-2H3/t16-,17+/m0/s1. The van der Waals surface area contributed by atoms with Crippen molar-refractivity contribution in [2.24, 2.45) is 5.92 Å². The van der Waals surface area contributed by atoms with Crippen LogP contribution >= 0.6 is 0 Å². The van der Waals surface area contributed by atoms with E-state index in [4.69, 9.17) is 9.47 Å². The number of carbonyl (C=O) groups excluding carboxylic acids is 1. The van der Waals surface area contributed by atoms with E-state index in [1.165, 1.54) is 5.56 Å². The van der Waals surface area contributed by atoms with E-state index in [0.29, 0.717) is 25.2 Å². The molecule has 2 aliphatic rings. The quantitative estimate of drug-likeness (QED) is 0.807. The fraction of sp³-hybridized carbons (Fsp3) is 0.632. The number of ether oxygens (including phenoxy) is 2. The molecule has 2 atom stereocenters. The van der Waals surface area contributed by atoms with Crippen LogP contribution in [0.25, 0.3) is 0 Å². The zero-order valence-electron chi connectivity index (χ0n) is 14.2. The van der Waals surface area contributed by atoms with E-state index in [9.17, 15) is 4.79 Å². The van der Waals surface area contributed by atoms with Crippen molar-refractivity contribution >= 4 is 5.91 Å². The molecule has 0 unspecified atom stereocenters. The Kier molecular flexibility index (Phi) is 5.02. The van der Waals surface area contributed by atoms with E-state index in [0.717, 1.165) is 32.2 Å². The van der Waals surface area contributed by atoms with Gasteiger partial charge in [-0.05, 0) is 31.7 Å². The fourth-order valence-electron chi connectivity index (χ4n) is 3.72. The number of rotatable bonds is 6. The van der Waals surface area contributed by atoms with Crippen molar-refractivity contribution in [1.29, 1.82) is 0 Å². The van der Waals surface area contributed by atoms with Crippen LogP contribution in [0.2, 0.25) is 0 Å². The maximum Gasteiger partial charge on any atom is 0.226 e. The SMILES string of the molecule is CC[C@@H]1C[C@H](CCC2(C)OCCO2)C(=O)N1Cc1ccccc1. The van der Waals surface area contributed by atoms with Crippen LogP contribution in [0.3, 0.4) is 0 Å². The molecular formula is C19H27NO3. The molecule has 0 saturated carbocycles. The lowest BCUT2D eigenvalue weighted by Crippen LogP contribution is -2.33. The number of benzene rings is 1. The fourth-order valence-corrected chi connectivity index (χ4v) is 3.72. The minimum absolute atomic E-state index is 0.105. The monoisotopic (exact) mass is 317 g/mol. The summed E-state index contributed by atoms with van der Waals surface area (Å²) in [5.74, 6) is -0.0925. The maximum absolute atomic E-state index is 12.8. The molecule has 0 aromatic heterocycles. The summed E-state index contributed by atoms with van der Waals surface area (Å²) in [6.45, 7) is 6.19. The third-order valence-electron chi connectivity index (χ3n) is 5.14. The van der Waals surface area contributed by atoms with E-state index < -0.39 is 5.79 Å². The van der Waals surface area contributed by atoms with Crippen LogP contribution < -0.4 is 0 Å². The largest absolute Gasteiger partial charge is 0.348 e. The van der Waals surface area contributed by atoms with Gasteiger partial charge in [0.1, 0.15) is 0 Å². The lowest BCUT2D eigenvalue weighted by Gasteiger charge is -2.24. The Labute approximate surface area is 138 Å². The maximum atomic E-state index is 12.8. The second-order valence-electron chi connectivity index (χ2n) is 6.82. The molecule has 4 nitrogen and oxygen atoms in total. The number of hydrogen-bond donors (Lipinski definition) is 0. The Morgan fingerprint density at radius 3 is 2.57 bits per heavy atom. The summed E-state index contributed by atoms with van der Waals surface area (Å²) in [7, 11) is 0. The summed E-state index contributed by atoms with van der Waals surface area (Å²) in [6, 6.07) is 10.6. The molecule has 0 radical (unpaired) electrons. The van der Waals surface area contributed by atoms with Crippen molar-refractivity contribution in [3.05, 3.63) is 35.9 Å². The molecule has 1 aromatic rings. The van der Waals surface area contributed by atoms with Gasteiger partial charge in [0.2, 0.25) is 5.91 Å². The zero-order valence-corrected chi connectivity index (χ0v) is 14.2. The molecule has 0 aliphatic carbocycles. The first-order chi connectivity index (χ1) is 11.1. The summed E-state index contributed by atoms with van der Waals surface area (Å²) < 4.78 is 11.3. The van der Waals surface area contributed by atoms with Gasteiger partial charge in [-0.25, -0.2) is 0 Å². The summed E-state index contributed by atoms with van der Waals surface area (Å²) >= 11 is 0. The van der Waals surface area contributed by atoms with E-state index in [1.54, 1.807) is 0 Å². The van der Waals surface area contributed by atoms with Gasteiger partial charge in [-0.1, -0.05) is 37.3 Å². The summed E-state index contributed by atoms with van der Waals surface area (Å²) in [5, 5.41) is 0. The molecule has 1 amide bonds. The molecule has 0 spiro atoms. The molecule has 126 valence electrons. The number of hydrogen-bond acceptors (Lipinski definition) is 3. The molecule has 0 N–H and O–H groups in total. The Morgan fingerprint density at radius 2 is 1.91 bits per heavy atom. The summed E-state index contributed by atoms with van der Waals surface area (Å²) in [6.07, 6.45) is 3.60. The van der Waals surface area contributed by atoms with Crippen LogP contribution in [0.1, 0.15) is 45.1 Å². The molecule has 2 fully saturated rings. The summed E-state index contributed by atoms with van der Waals surface area (Å²) in [4.78, 5) is 14.9. The first-order valence-corrected chi connectivity index (χ1v) is 8.73. The highest BCUT2D eigenvalue weighted by Gasteiger charge is 2.40. The Morgan fingerprint density at radius 1 is 1.22 bits per heavy atom. The lowest BCUT2D eigenvalue weighted by molar-refractivity contribution is -0.151. The van der Waals surface area contributed by atoms with Gasteiger partial charge in [-0.15, -0.1) is 0 Å². The highest BCUT2D eigenvalue weighted by atomic mass is 16.7. The molecule has 4 heteroatoms. The average molecular weight is 317 g/mol. The highest BCUT2D eigenvalue weighted by molar-refractivity contribution is 5.81. The summed E-state index contributed by atoms with van der Waals surface area (Å²) in [5.41, 5.74) is 1.20. The Bertz CT molecular complexity index is 525. The van der Waals surface area contributed by atoms with Crippen molar-refractivity contribution in [2.45, 2.75) is 57.9 Å².